The van der Waals surface area contributed by atoms with E-state index in [0.29, 0.717) is 6.42 Å². The molecule has 0 aromatic heterocycles. The summed E-state index contributed by atoms with van der Waals surface area (Å²) < 4.78 is 5.34. The van der Waals surface area contributed by atoms with E-state index in [1.165, 1.54) is 5.56 Å². The number of carbonyl (C=O) groups is 1. The third-order valence-corrected chi connectivity index (χ3v) is 2.13. The first-order chi connectivity index (χ1) is 6.25. The third kappa shape index (κ3) is 1.64. The Kier molecular flexibility index (Phi) is 1.93. The number of rotatable bonds is 2. The van der Waals surface area contributed by atoms with Gasteiger partial charge in [-0.2, -0.15) is 0 Å². The van der Waals surface area contributed by atoms with Crippen LogP contribution in [0.4, 0.5) is 0 Å². The summed E-state index contributed by atoms with van der Waals surface area (Å²) in [7, 11) is 0. The number of amides is 1. The Hall–Kier alpha value is -1.51. The fourth-order valence-electron chi connectivity index (χ4n) is 1.55. The molecule has 68 valence electrons. The van der Waals surface area contributed by atoms with Crippen molar-refractivity contribution >= 4 is 5.91 Å². The number of hydrogen-bond acceptors (Lipinski definition) is 2. The Morgan fingerprint density at radius 3 is 3.15 bits per heavy atom. The first-order valence-corrected chi connectivity index (χ1v) is 4.28. The first-order valence-electron chi connectivity index (χ1n) is 4.28. The van der Waals surface area contributed by atoms with E-state index in [9.17, 15) is 4.79 Å². The molecule has 3 heteroatoms. The zero-order valence-electron chi connectivity index (χ0n) is 7.25. The van der Waals surface area contributed by atoms with Crippen LogP contribution in [0, 0.1) is 0 Å². The molecule has 2 rings (SSSR count). The van der Waals surface area contributed by atoms with E-state index < -0.39 is 0 Å². The first kappa shape index (κ1) is 8.10. The van der Waals surface area contributed by atoms with Crippen molar-refractivity contribution in [2.75, 3.05) is 6.61 Å². The smallest absolute Gasteiger partial charge is 0.221 e. The van der Waals surface area contributed by atoms with Gasteiger partial charge in [-0.25, -0.2) is 0 Å². The fraction of sp³-hybridized carbons (Fsp3) is 0.300. The number of carbonyl (C=O) groups excluding carboxylic acids is 1. The molecule has 1 amide bonds. The predicted octanol–water partition coefficient (Wildman–Crippen LogP) is 0.649. The van der Waals surface area contributed by atoms with Crippen LogP contribution in [0.5, 0.6) is 5.75 Å². The van der Waals surface area contributed by atoms with E-state index in [4.69, 9.17) is 10.5 Å². The zero-order valence-corrected chi connectivity index (χ0v) is 7.25. The molecule has 0 atom stereocenters. The van der Waals surface area contributed by atoms with E-state index >= 15 is 0 Å². The van der Waals surface area contributed by atoms with Gasteiger partial charge in [-0.15, -0.1) is 0 Å². The summed E-state index contributed by atoms with van der Waals surface area (Å²) in [6.07, 6.45) is 1.25. The highest BCUT2D eigenvalue weighted by Crippen LogP contribution is 2.25. The van der Waals surface area contributed by atoms with Crippen molar-refractivity contribution in [3.05, 3.63) is 29.3 Å². The van der Waals surface area contributed by atoms with Crippen molar-refractivity contribution in [1.82, 2.24) is 0 Å². The van der Waals surface area contributed by atoms with Gasteiger partial charge in [0, 0.05) is 6.42 Å². The van der Waals surface area contributed by atoms with Gasteiger partial charge in [0.05, 0.1) is 13.0 Å². The normalized spacial score (nSPS) is 13.5. The van der Waals surface area contributed by atoms with Gasteiger partial charge in [0.25, 0.3) is 0 Å². The molecule has 0 bridgehead atoms. The van der Waals surface area contributed by atoms with Crippen molar-refractivity contribution in [3.63, 3.8) is 0 Å². The summed E-state index contributed by atoms with van der Waals surface area (Å²) in [5.41, 5.74) is 7.25. The maximum atomic E-state index is 10.7. The number of primary amides is 1. The maximum absolute atomic E-state index is 10.7. The van der Waals surface area contributed by atoms with Gasteiger partial charge < -0.3 is 10.5 Å². The standard InChI is InChI=1S/C10H11NO2/c11-10(12)6-7-1-2-9-8(5-7)3-4-13-9/h1-2,5H,3-4,6H2,(H2,11,12). The maximum Gasteiger partial charge on any atom is 0.221 e. The molecule has 3 nitrogen and oxygen atoms in total. The fourth-order valence-corrected chi connectivity index (χ4v) is 1.55. The zero-order chi connectivity index (χ0) is 9.26. The lowest BCUT2D eigenvalue weighted by Crippen LogP contribution is -2.13. The van der Waals surface area contributed by atoms with Crippen molar-refractivity contribution in [1.29, 1.82) is 0 Å². The average Bonchev–Trinajstić information content (AvgIpc) is 2.49. The summed E-state index contributed by atoms with van der Waals surface area (Å²) >= 11 is 0. The van der Waals surface area contributed by atoms with Crippen LogP contribution in [0.3, 0.4) is 0 Å². The molecule has 1 aromatic rings. The Balaban J connectivity index is 2.25. The molecule has 0 radical (unpaired) electrons. The van der Waals surface area contributed by atoms with Crippen molar-refractivity contribution in [3.8, 4) is 5.75 Å². The minimum atomic E-state index is -0.293. The van der Waals surface area contributed by atoms with Gasteiger partial charge in [-0.3, -0.25) is 4.79 Å². The quantitative estimate of drug-likeness (QED) is 0.721. The summed E-state index contributed by atoms with van der Waals surface area (Å²) in [5, 5.41) is 0. The number of benzene rings is 1. The van der Waals surface area contributed by atoms with Crippen LogP contribution in [0.25, 0.3) is 0 Å². The van der Waals surface area contributed by atoms with Crippen LogP contribution in [0.15, 0.2) is 18.2 Å². The molecule has 0 saturated carbocycles. The number of hydrogen-bond donors (Lipinski definition) is 1. The van der Waals surface area contributed by atoms with Crippen LogP contribution >= 0.6 is 0 Å². The van der Waals surface area contributed by atoms with Crippen LogP contribution in [-0.2, 0) is 17.6 Å². The molecule has 0 aliphatic carbocycles. The molecule has 1 aliphatic rings. The Bertz CT molecular complexity index is 347. The van der Waals surface area contributed by atoms with Gasteiger partial charge >= 0.3 is 0 Å². The number of ether oxygens (including phenoxy) is 1. The van der Waals surface area contributed by atoms with E-state index in [1.54, 1.807) is 0 Å². The highest BCUT2D eigenvalue weighted by Gasteiger charge is 2.12. The monoisotopic (exact) mass is 177 g/mol. The number of fused-ring (bicyclic) bond motifs is 1. The summed E-state index contributed by atoms with van der Waals surface area (Å²) in [4.78, 5) is 10.7. The highest BCUT2D eigenvalue weighted by atomic mass is 16.5. The Morgan fingerprint density at radius 2 is 2.38 bits per heavy atom. The molecule has 2 N–H and O–H groups in total. The Morgan fingerprint density at radius 1 is 1.54 bits per heavy atom. The molecule has 13 heavy (non-hydrogen) atoms. The van der Waals surface area contributed by atoms with E-state index in [1.807, 2.05) is 18.2 Å². The van der Waals surface area contributed by atoms with E-state index in [2.05, 4.69) is 0 Å². The summed E-state index contributed by atoms with van der Waals surface area (Å²) in [6, 6.07) is 5.78. The SMILES string of the molecule is NC(=O)Cc1ccc2c(c1)CCO2. The topological polar surface area (TPSA) is 52.3 Å². The minimum Gasteiger partial charge on any atom is -0.493 e. The van der Waals surface area contributed by atoms with Crippen LogP contribution < -0.4 is 10.5 Å². The van der Waals surface area contributed by atoms with Gasteiger partial charge in [-0.1, -0.05) is 12.1 Å². The lowest BCUT2D eigenvalue weighted by Gasteiger charge is -2.01. The molecule has 0 saturated heterocycles. The summed E-state index contributed by atoms with van der Waals surface area (Å²) in [5.74, 6) is 0.645. The second-order valence-electron chi connectivity index (χ2n) is 3.18. The lowest BCUT2D eigenvalue weighted by molar-refractivity contribution is -0.117. The van der Waals surface area contributed by atoms with Gasteiger partial charge in [-0.05, 0) is 17.2 Å². The molecule has 0 unspecified atom stereocenters. The largest absolute Gasteiger partial charge is 0.493 e. The van der Waals surface area contributed by atoms with Gasteiger partial charge in [0.15, 0.2) is 0 Å². The molecule has 1 aromatic carbocycles. The molecule has 0 spiro atoms. The third-order valence-electron chi connectivity index (χ3n) is 2.13. The minimum absolute atomic E-state index is 0.293. The van der Waals surface area contributed by atoms with Crippen molar-refractivity contribution in [2.45, 2.75) is 12.8 Å². The second-order valence-corrected chi connectivity index (χ2v) is 3.18. The van der Waals surface area contributed by atoms with Gasteiger partial charge in [0.2, 0.25) is 5.91 Å². The van der Waals surface area contributed by atoms with Crippen molar-refractivity contribution < 1.29 is 9.53 Å². The average molecular weight is 177 g/mol. The summed E-state index contributed by atoms with van der Waals surface area (Å²) in [6.45, 7) is 0.745. The molecule has 0 fully saturated rings. The second kappa shape index (κ2) is 3.09. The van der Waals surface area contributed by atoms with E-state index in [-0.39, 0.29) is 5.91 Å². The molecular weight excluding hydrogens is 166 g/mol. The van der Waals surface area contributed by atoms with Crippen LogP contribution in [0.2, 0.25) is 0 Å². The van der Waals surface area contributed by atoms with E-state index in [0.717, 1.165) is 24.3 Å². The highest BCUT2D eigenvalue weighted by molar-refractivity contribution is 5.76. The van der Waals surface area contributed by atoms with Crippen LogP contribution in [-0.4, -0.2) is 12.5 Å². The molecular formula is C10H11NO2. The lowest BCUT2D eigenvalue weighted by atomic mass is 10.1. The Labute approximate surface area is 76.5 Å². The van der Waals surface area contributed by atoms with Crippen molar-refractivity contribution in [2.24, 2.45) is 5.73 Å². The molecule has 1 aliphatic heterocycles. The predicted molar refractivity (Wildman–Crippen MR) is 48.5 cm³/mol. The van der Waals surface area contributed by atoms with Gasteiger partial charge in [0.1, 0.15) is 5.75 Å². The number of nitrogens with two attached hydrogens (primary N) is 1. The van der Waals surface area contributed by atoms with Crippen LogP contribution in [0.1, 0.15) is 11.1 Å². The molecule has 1 heterocycles.